The molecule has 3 aromatic rings. The number of hydrazone groups is 1. The highest BCUT2D eigenvalue weighted by Gasteiger charge is 2.18. The number of hydrogen-bond acceptors (Lipinski definition) is 7. The van der Waals surface area contributed by atoms with E-state index >= 15 is 0 Å². The average molecular weight is 430 g/mol. The molecule has 0 unspecified atom stereocenters. The molecule has 8 heteroatoms. The summed E-state index contributed by atoms with van der Waals surface area (Å²) in [5.41, 5.74) is 7.43. The van der Waals surface area contributed by atoms with Crippen LogP contribution in [0.4, 0.5) is 11.6 Å². The van der Waals surface area contributed by atoms with E-state index in [0.717, 1.165) is 53.4 Å². The Hall–Kier alpha value is -3.78. The molecule has 1 aliphatic heterocycles. The van der Waals surface area contributed by atoms with Gasteiger partial charge >= 0.3 is 0 Å². The predicted molar refractivity (Wildman–Crippen MR) is 129 cm³/mol. The van der Waals surface area contributed by atoms with Gasteiger partial charge in [-0.1, -0.05) is 37.8 Å². The van der Waals surface area contributed by atoms with Crippen molar-refractivity contribution in [2.45, 2.75) is 13.3 Å². The van der Waals surface area contributed by atoms with Crippen LogP contribution in [-0.2, 0) is 4.74 Å². The molecule has 164 valence electrons. The van der Waals surface area contributed by atoms with Gasteiger partial charge in [0.25, 0.3) is 0 Å². The van der Waals surface area contributed by atoms with Crippen molar-refractivity contribution in [3.05, 3.63) is 73.1 Å². The van der Waals surface area contributed by atoms with Crippen LogP contribution < -0.4 is 10.3 Å². The van der Waals surface area contributed by atoms with Gasteiger partial charge in [0.05, 0.1) is 25.1 Å². The zero-order chi connectivity index (χ0) is 22.3. The Bertz CT molecular complexity index is 1160. The maximum Gasteiger partial charge on any atom is 0.160 e. The summed E-state index contributed by atoms with van der Waals surface area (Å²) < 4.78 is 7.39. The van der Waals surface area contributed by atoms with Crippen molar-refractivity contribution in [1.82, 2.24) is 19.6 Å². The zero-order valence-electron chi connectivity index (χ0n) is 18.2. The first-order valence-electron chi connectivity index (χ1n) is 10.6. The number of aromatic nitrogens is 4. The van der Waals surface area contributed by atoms with Crippen molar-refractivity contribution in [2.24, 2.45) is 5.10 Å². The maximum absolute atomic E-state index is 5.53. The minimum absolute atomic E-state index is 0.630. The highest BCUT2D eigenvalue weighted by molar-refractivity contribution is 5.83. The smallest absolute Gasteiger partial charge is 0.160 e. The number of hydrogen-bond donors (Lipinski definition) is 1. The average Bonchev–Trinajstić information content (AvgIpc) is 3.28. The molecule has 0 spiro atoms. The van der Waals surface area contributed by atoms with Gasteiger partial charge in [-0.25, -0.2) is 4.98 Å². The van der Waals surface area contributed by atoms with Crippen LogP contribution in [-0.4, -0.2) is 52.1 Å². The van der Waals surface area contributed by atoms with Crippen LogP contribution in [0.1, 0.15) is 13.3 Å². The summed E-state index contributed by atoms with van der Waals surface area (Å²) in [6.07, 6.45) is 9.85. The van der Waals surface area contributed by atoms with Crippen LogP contribution in [0, 0.1) is 0 Å². The van der Waals surface area contributed by atoms with E-state index in [1.807, 2.05) is 34.9 Å². The number of allylic oxidation sites excluding steroid dienone is 4. The van der Waals surface area contributed by atoms with Gasteiger partial charge in [-0.05, 0) is 24.1 Å². The quantitative estimate of drug-likeness (QED) is 0.330. The predicted octanol–water partition coefficient (Wildman–Crippen LogP) is 4.10. The minimum atomic E-state index is 0.630. The maximum atomic E-state index is 5.53. The first-order valence-corrected chi connectivity index (χ1v) is 10.6. The van der Waals surface area contributed by atoms with Crippen LogP contribution in [0.5, 0.6) is 0 Å². The zero-order valence-corrected chi connectivity index (χ0v) is 18.2. The number of pyridine rings is 1. The molecule has 0 saturated carbocycles. The summed E-state index contributed by atoms with van der Waals surface area (Å²) in [5.74, 6) is 1.57. The van der Waals surface area contributed by atoms with Crippen LogP contribution >= 0.6 is 0 Å². The van der Waals surface area contributed by atoms with Gasteiger partial charge in [0, 0.05) is 43.2 Å². The van der Waals surface area contributed by atoms with E-state index in [9.17, 15) is 0 Å². The third-order valence-corrected chi connectivity index (χ3v) is 5.15. The van der Waals surface area contributed by atoms with Crippen molar-refractivity contribution in [2.75, 3.05) is 36.6 Å². The van der Waals surface area contributed by atoms with Crippen LogP contribution in [0.25, 0.3) is 16.9 Å². The highest BCUT2D eigenvalue weighted by Crippen LogP contribution is 2.25. The third kappa shape index (κ3) is 4.92. The standard InChI is InChI=1S/C24H27N7O/c1-4-18(3)13-19(5-2)16-26-28-22-15-24(30-9-11-32-12-10-30)31-23(27-22)14-21(29-31)20-7-6-8-25-17-20/h5-8,13-17H,2-4,9-12H2,1H3,(H,27,28)/b19-13+,26-16+. The number of rotatable bonds is 8. The first kappa shape index (κ1) is 21.5. The fourth-order valence-corrected chi connectivity index (χ4v) is 3.35. The van der Waals surface area contributed by atoms with Crippen molar-refractivity contribution in [3.8, 4) is 11.3 Å². The van der Waals surface area contributed by atoms with Crippen molar-refractivity contribution in [1.29, 1.82) is 0 Å². The lowest BCUT2D eigenvalue weighted by Crippen LogP contribution is -2.37. The number of fused-ring (bicyclic) bond motifs is 1. The van der Waals surface area contributed by atoms with E-state index < -0.39 is 0 Å². The van der Waals surface area contributed by atoms with Gasteiger partial charge in [0.15, 0.2) is 11.5 Å². The van der Waals surface area contributed by atoms with Crippen LogP contribution in [0.3, 0.4) is 0 Å². The number of nitrogens with zero attached hydrogens (tertiary/aromatic N) is 6. The summed E-state index contributed by atoms with van der Waals surface area (Å²) in [5, 5.41) is 9.15. The molecule has 4 rings (SSSR count). The number of nitrogens with one attached hydrogen (secondary N) is 1. The molecule has 3 aromatic heterocycles. The van der Waals surface area contributed by atoms with Gasteiger partial charge < -0.3 is 9.64 Å². The molecular weight excluding hydrogens is 402 g/mol. The van der Waals surface area contributed by atoms with Gasteiger partial charge in [-0.15, -0.1) is 0 Å². The molecule has 0 aliphatic carbocycles. The Kier molecular flexibility index (Phi) is 6.72. The number of morpholine rings is 1. The van der Waals surface area contributed by atoms with Crippen molar-refractivity contribution >= 4 is 23.5 Å². The molecule has 8 nitrogen and oxygen atoms in total. The summed E-state index contributed by atoms with van der Waals surface area (Å²) in [4.78, 5) is 11.2. The molecule has 0 radical (unpaired) electrons. The first-order chi connectivity index (χ1) is 15.7. The molecule has 0 amide bonds. The molecule has 1 N–H and O–H groups in total. The third-order valence-electron chi connectivity index (χ3n) is 5.15. The Morgan fingerprint density at radius 3 is 2.88 bits per heavy atom. The number of anilines is 2. The molecule has 1 aliphatic rings. The van der Waals surface area contributed by atoms with E-state index in [-0.39, 0.29) is 0 Å². The second-order valence-electron chi connectivity index (χ2n) is 7.37. The van der Waals surface area contributed by atoms with Crippen molar-refractivity contribution < 1.29 is 4.74 Å². The van der Waals surface area contributed by atoms with E-state index in [0.29, 0.717) is 19.0 Å². The normalized spacial score (nSPS) is 14.8. The van der Waals surface area contributed by atoms with E-state index in [1.165, 1.54) is 0 Å². The Labute approximate surface area is 187 Å². The van der Waals surface area contributed by atoms with Gasteiger partial charge in [0.2, 0.25) is 0 Å². The summed E-state index contributed by atoms with van der Waals surface area (Å²) in [6, 6.07) is 7.79. The lowest BCUT2D eigenvalue weighted by atomic mass is 10.1. The van der Waals surface area contributed by atoms with E-state index in [1.54, 1.807) is 24.7 Å². The molecule has 0 atom stereocenters. The van der Waals surface area contributed by atoms with Gasteiger partial charge in [-0.2, -0.15) is 14.7 Å². The lowest BCUT2D eigenvalue weighted by molar-refractivity contribution is 0.122. The van der Waals surface area contributed by atoms with E-state index in [4.69, 9.17) is 14.8 Å². The molecule has 32 heavy (non-hydrogen) atoms. The largest absolute Gasteiger partial charge is 0.378 e. The summed E-state index contributed by atoms with van der Waals surface area (Å²) in [6.45, 7) is 12.8. The Balaban J connectivity index is 1.68. The summed E-state index contributed by atoms with van der Waals surface area (Å²) in [7, 11) is 0. The highest BCUT2D eigenvalue weighted by atomic mass is 16.5. The lowest BCUT2D eigenvalue weighted by Gasteiger charge is -2.29. The monoisotopic (exact) mass is 429 g/mol. The SMILES string of the molecule is C=CC(/C=N/Nc1cc(N2CCOCC2)n2nc(-c3cccnc3)cc2n1)=C\C(=C)CC. The van der Waals surface area contributed by atoms with E-state index in [2.05, 4.69) is 40.5 Å². The topological polar surface area (TPSA) is 79.9 Å². The molecule has 0 bridgehead atoms. The molecular formula is C24H27N7O. The van der Waals surface area contributed by atoms with Crippen molar-refractivity contribution in [3.63, 3.8) is 0 Å². The molecule has 1 saturated heterocycles. The fraction of sp³-hybridized carbons (Fsp3) is 0.250. The van der Waals surface area contributed by atoms with Gasteiger partial charge in [-0.3, -0.25) is 10.4 Å². The Morgan fingerprint density at radius 1 is 1.31 bits per heavy atom. The Morgan fingerprint density at radius 2 is 2.16 bits per heavy atom. The second-order valence-corrected chi connectivity index (χ2v) is 7.37. The van der Waals surface area contributed by atoms with Gasteiger partial charge in [0.1, 0.15) is 5.82 Å². The summed E-state index contributed by atoms with van der Waals surface area (Å²) >= 11 is 0. The fourth-order valence-electron chi connectivity index (χ4n) is 3.35. The molecule has 0 aromatic carbocycles. The second kappa shape index (κ2) is 10.0. The minimum Gasteiger partial charge on any atom is -0.378 e. The van der Waals surface area contributed by atoms with Crippen LogP contribution in [0.15, 0.2) is 78.2 Å². The number of ether oxygens (including phenoxy) is 1. The molecule has 1 fully saturated rings. The van der Waals surface area contributed by atoms with Crippen LogP contribution in [0.2, 0.25) is 0 Å². The molecule has 4 heterocycles.